The Hall–Kier alpha value is -1.39. The van der Waals surface area contributed by atoms with Crippen molar-refractivity contribution >= 4 is 11.8 Å². The van der Waals surface area contributed by atoms with Crippen LogP contribution in [0.15, 0.2) is 47.4 Å². The summed E-state index contributed by atoms with van der Waals surface area (Å²) >= 11 is 1.57. The van der Waals surface area contributed by atoms with Gasteiger partial charge in [0.25, 0.3) is 0 Å². The molecule has 2 rings (SSSR count). The van der Waals surface area contributed by atoms with E-state index in [1.54, 1.807) is 11.8 Å². The molecule has 0 aliphatic heterocycles. The van der Waals surface area contributed by atoms with E-state index in [4.69, 9.17) is 5.73 Å². The van der Waals surface area contributed by atoms with Gasteiger partial charge in [-0.3, -0.25) is 0 Å². The standard InChI is InChI=1S/C15H15F2NS/c1-10-3-2-4-12(7-10)19-9-15(18)13-6-5-11(16)8-14(13)17/h2-8,15H,9,18H2,1H3. The zero-order chi connectivity index (χ0) is 13.8. The van der Waals surface area contributed by atoms with Crippen molar-refractivity contribution in [2.45, 2.75) is 17.9 Å². The summed E-state index contributed by atoms with van der Waals surface area (Å²) in [6, 6.07) is 11.1. The van der Waals surface area contributed by atoms with E-state index in [2.05, 4.69) is 6.07 Å². The minimum absolute atomic E-state index is 0.349. The Bertz CT molecular complexity index is 572. The number of halogens is 2. The van der Waals surface area contributed by atoms with Gasteiger partial charge in [0, 0.05) is 28.3 Å². The highest BCUT2D eigenvalue weighted by molar-refractivity contribution is 7.99. The highest BCUT2D eigenvalue weighted by Crippen LogP contribution is 2.25. The van der Waals surface area contributed by atoms with Crippen LogP contribution in [0.1, 0.15) is 17.2 Å². The fourth-order valence-electron chi connectivity index (χ4n) is 1.78. The first kappa shape index (κ1) is 14.0. The van der Waals surface area contributed by atoms with Crippen LogP contribution in [0.5, 0.6) is 0 Å². The SMILES string of the molecule is Cc1cccc(SCC(N)c2ccc(F)cc2F)c1. The van der Waals surface area contributed by atoms with Crippen molar-refractivity contribution in [3.63, 3.8) is 0 Å². The smallest absolute Gasteiger partial charge is 0.130 e. The molecule has 2 aromatic rings. The lowest BCUT2D eigenvalue weighted by Crippen LogP contribution is -2.14. The maximum atomic E-state index is 13.6. The molecule has 0 saturated carbocycles. The molecule has 0 aromatic heterocycles. The van der Waals surface area contributed by atoms with Crippen LogP contribution >= 0.6 is 11.8 Å². The molecule has 1 unspecified atom stereocenters. The molecule has 0 heterocycles. The van der Waals surface area contributed by atoms with Crippen molar-refractivity contribution in [1.29, 1.82) is 0 Å². The molecule has 100 valence electrons. The molecule has 19 heavy (non-hydrogen) atoms. The summed E-state index contributed by atoms with van der Waals surface area (Å²) in [5, 5.41) is 0. The molecule has 0 bridgehead atoms. The average Bonchev–Trinajstić information content (AvgIpc) is 2.36. The molecule has 0 radical (unpaired) electrons. The fourth-order valence-corrected chi connectivity index (χ4v) is 2.78. The maximum absolute atomic E-state index is 13.6. The average molecular weight is 279 g/mol. The van der Waals surface area contributed by atoms with Crippen molar-refractivity contribution in [2.75, 3.05) is 5.75 Å². The molecule has 0 amide bonds. The van der Waals surface area contributed by atoms with Gasteiger partial charge in [-0.25, -0.2) is 8.78 Å². The Kier molecular flexibility index (Phi) is 4.56. The van der Waals surface area contributed by atoms with Gasteiger partial charge in [-0.05, 0) is 25.1 Å². The Labute approximate surface area is 115 Å². The first-order valence-corrected chi connectivity index (χ1v) is 6.95. The highest BCUT2D eigenvalue weighted by atomic mass is 32.2. The minimum Gasteiger partial charge on any atom is -0.323 e. The summed E-state index contributed by atoms with van der Waals surface area (Å²) in [7, 11) is 0. The van der Waals surface area contributed by atoms with E-state index < -0.39 is 17.7 Å². The Morgan fingerprint density at radius 3 is 2.63 bits per heavy atom. The van der Waals surface area contributed by atoms with Crippen molar-refractivity contribution in [2.24, 2.45) is 5.73 Å². The number of hydrogen-bond acceptors (Lipinski definition) is 2. The summed E-state index contributed by atoms with van der Waals surface area (Å²) in [6.45, 7) is 2.02. The van der Waals surface area contributed by atoms with E-state index in [1.165, 1.54) is 17.7 Å². The van der Waals surface area contributed by atoms with Crippen molar-refractivity contribution in [3.8, 4) is 0 Å². The van der Waals surface area contributed by atoms with Gasteiger partial charge >= 0.3 is 0 Å². The fraction of sp³-hybridized carbons (Fsp3) is 0.200. The quantitative estimate of drug-likeness (QED) is 0.854. The molecule has 0 spiro atoms. The van der Waals surface area contributed by atoms with Crippen LogP contribution in [-0.2, 0) is 0 Å². The normalized spacial score (nSPS) is 12.4. The first-order chi connectivity index (χ1) is 9.06. The topological polar surface area (TPSA) is 26.0 Å². The second kappa shape index (κ2) is 6.17. The van der Waals surface area contributed by atoms with Crippen LogP contribution in [-0.4, -0.2) is 5.75 Å². The highest BCUT2D eigenvalue weighted by Gasteiger charge is 2.12. The van der Waals surface area contributed by atoms with E-state index in [1.807, 2.05) is 25.1 Å². The second-order valence-corrected chi connectivity index (χ2v) is 5.49. The lowest BCUT2D eigenvalue weighted by molar-refractivity contribution is 0.563. The van der Waals surface area contributed by atoms with Crippen LogP contribution in [0.3, 0.4) is 0 Å². The zero-order valence-corrected chi connectivity index (χ0v) is 11.4. The Morgan fingerprint density at radius 1 is 1.16 bits per heavy atom. The maximum Gasteiger partial charge on any atom is 0.130 e. The summed E-state index contributed by atoms with van der Waals surface area (Å²) in [6.07, 6.45) is 0. The second-order valence-electron chi connectivity index (χ2n) is 4.40. The van der Waals surface area contributed by atoms with Crippen LogP contribution in [0.2, 0.25) is 0 Å². The molecular formula is C15H15F2NS. The van der Waals surface area contributed by atoms with Gasteiger partial charge in [0.2, 0.25) is 0 Å². The number of rotatable bonds is 4. The van der Waals surface area contributed by atoms with Crippen molar-refractivity contribution < 1.29 is 8.78 Å². The number of hydrogen-bond donors (Lipinski definition) is 1. The summed E-state index contributed by atoms with van der Waals surface area (Å²) in [4.78, 5) is 1.10. The van der Waals surface area contributed by atoms with Gasteiger partial charge in [0.15, 0.2) is 0 Å². The molecule has 1 nitrogen and oxygen atoms in total. The van der Waals surface area contributed by atoms with Crippen molar-refractivity contribution in [3.05, 3.63) is 65.2 Å². The van der Waals surface area contributed by atoms with Gasteiger partial charge in [0.1, 0.15) is 11.6 Å². The number of aryl methyl sites for hydroxylation is 1. The molecule has 0 aliphatic carbocycles. The number of nitrogens with two attached hydrogens (primary N) is 1. The third-order valence-electron chi connectivity index (χ3n) is 2.78. The van der Waals surface area contributed by atoms with E-state index in [0.717, 1.165) is 11.0 Å². The first-order valence-electron chi connectivity index (χ1n) is 5.96. The monoisotopic (exact) mass is 279 g/mol. The molecule has 2 N–H and O–H groups in total. The summed E-state index contributed by atoms with van der Waals surface area (Å²) in [5.41, 5.74) is 7.47. The third-order valence-corrected chi connectivity index (χ3v) is 3.89. The van der Waals surface area contributed by atoms with E-state index in [-0.39, 0.29) is 0 Å². The lowest BCUT2D eigenvalue weighted by atomic mass is 10.1. The largest absolute Gasteiger partial charge is 0.323 e. The predicted octanol–water partition coefficient (Wildman–Crippen LogP) is 4.07. The predicted molar refractivity (Wildman–Crippen MR) is 75.2 cm³/mol. The summed E-state index contributed by atoms with van der Waals surface area (Å²) in [5.74, 6) is -0.622. The summed E-state index contributed by atoms with van der Waals surface area (Å²) < 4.78 is 26.4. The molecule has 4 heteroatoms. The van der Waals surface area contributed by atoms with Crippen molar-refractivity contribution in [1.82, 2.24) is 0 Å². The lowest BCUT2D eigenvalue weighted by Gasteiger charge is -2.13. The number of thioether (sulfide) groups is 1. The number of benzene rings is 2. The van der Waals surface area contributed by atoms with Gasteiger partial charge in [-0.1, -0.05) is 23.8 Å². The van der Waals surface area contributed by atoms with Gasteiger partial charge in [-0.2, -0.15) is 0 Å². The van der Waals surface area contributed by atoms with Gasteiger partial charge in [-0.15, -0.1) is 11.8 Å². The molecule has 0 aliphatic rings. The van der Waals surface area contributed by atoms with E-state index in [0.29, 0.717) is 11.3 Å². The molecular weight excluding hydrogens is 264 g/mol. The van der Waals surface area contributed by atoms with Crippen LogP contribution in [0.25, 0.3) is 0 Å². The van der Waals surface area contributed by atoms with Crippen LogP contribution in [0, 0.1) is 18.6 Å². The van der Waals surface area contributed by atoms with Crippen LogP contribution in [0.4, 0.5) is 8.78 Å². The Morgan fingerprint density at radius 2 is 1.95 bits per heavy atom. The minimum atomic E-state index is -0.586. The van der Waals surface area contributed by atoms with Crippen LogP contribution < -0.4 is 5.73 Å². The van der Waals surface area contributed by atoms with E-state index >= 15 is 0 Å². The molecule has 0 saturated heterocycles. The molecule has 0 fully saturated rings. The van der Waals surface area contributed by atoms with Gasteiger partial charge < -0.3 is 5.73 Å². The molecule has 2 aromatic carbocycles. The zero-order valence-electron chi connectivity index (χ0n) is 10.6. The van der Waals surface area contributed by atoms with Gasteiger partial charge in [0.05, 0.1) is 0 Å². The molecule has 1 atom stereocenters. The van der Waals surface area contributed by atoms with E-state index in [9.17, 15) is 8.78 Å². The Balaban J connectivity index is 2.03. The third kappa shape index (κ3) is 3.78.